The van der Waals surface area contributed by atoms with Crippen molar-refractivity contribution in [3.63, 3.8) is 0 Å². The maximum atomic E-state index is 13.6. The zero-order valence-corrected chi connectivity index (χ0v) is 9.61. The fourth-order valence-electron chi connectivity index (χ4n) is 1.52. The number of halogens is 1. The van der Waals surface area contributed by atoms with Gasteiger partial charge in [0.05, 0.1) is 5.69 Å². The summed E-state index contributed by atoms with van der Waals surface area (Å²) >= 11 is 0. The first kappa shape index (κ1) is 11.5. The normalized spacial score (nSPS) is 10.0. The molecule has 2 aromatic carbocycles. The second-order valence-electron chi connectivity index (χ2n) is 3.59. The summed E-state index contributed by atoms with van der Waals surface area (Å²) in [4.78, 5) is 0. The monoisotopic (exact) mass is 231 g/mol. The second-order valence-corrected chi connectivity index (χ2v) is 3.59. The smallest absolute Gasteiger partial charge is 0.149 e. The molecule has 0 spiro atoms. The highest BCUT2D eigenvalue weighted by molar-refractivity contribution is 5.48. The van der Waals surface area contributed by atoms with Gasteiger partial charge in [-0.2, -0.15) is 0 Å². The van der Waals surface area contributed by atoms with E-state index < -0.39 is 0 Å². The van der Waals surface area contributed by atoms with Crippen LogP contribution in [0.25, 0.3) is 0 Å². The zero-order chi connectivity index (χ0) is 12.1. The summed E-state index contributed by atoms with van der Waals surface area (Å²) in [5.41, 5.74) is 0.493. The molecule has 2 rings (SSSR count). The molecule has 0 amide bonds. The Morgan fingerprint density at radius 3 is 2.47 bits per heavy atom. The van der Waals surface area contributed by atoms with Gasteiger partial charge in [0, 0.05) is 12.6 Å². The lowest BCUT2D eigenvalue weighted by molar-refractivity contribution is 0.477. The molecule has 17 heavy (non-hydrogen) atoms. The third-order valence-corrected chi connectivity index (χ3v) is 2.29. The van der Waals surface area contributed by atoms with E-state index in [2.05, 4.69) is 5.32 Å². The molecule has 2 aromatic rings. The van der Waals surface area contributed by atoms with Crippen LogP contribution in [0.2, 0.25) is 0 Å². The van der Waals surface area contributed by atoms with E-state index in [1.54, 1.807) is 12.1 Å². The summed E-state index contributed by atoms with van der Waals surface area (Å²) < 4.78 is 19.1. The number of nitrogens with one attached hydrogen (secondary N) is 1. The molecule has 0 aromatic heterocycles. The Kier molecular flexibility index (Phi) is 3.60. The molecule has 0 saturated carbocycles. The summed E-state index contributed by atoms with van der Waals surface area (Å²) in [6, 6.07) is 14.1. The Morgan fingerprint density at radius 1 is 1.06 bits per heavy atom. The number of hydrogen-bond donors (Lipinski definition) is 1. The minimum atomic E-state index is -0.305. The van der Waals surface area contributed by atoms with E-state index in [9.17, 15) is 4.39 Å². The summed E-state index contributed by atoms with van der Waals surface area (Å²) in [6.07, 6.45) is 0. The first-order valence-electron chi connectivity index (χ1n) is 5.56. The Balaban J connectivity index is 2.15. The maximum absolute atomic E-state index is 13.6. The molecule has 0 heterocycles. The molecule has 0 unspecified atom stereocenters. The molecule has 0 atom stereocenters. The topological polar surface area (TPSA) is 21.3 Å². The first-order valence-corrected chi connectivity index (χ1v) is 5.56. The van der Waals surface area contributed by atoms with E-state index in [4.69, 9.17) is 4.74 Å². The van der Waals surface area contributed by atoms with Gasteiger partial charge in [-0.15, -0.1) is 0 Å². The van der Waals surface area contributed by atoms with Crippen molar-refractivity contribution >= 4 is 5.69 Å². The molecule has 0 aliphatic heterocycles. The molecular formula is C14H14FNO. The highest BCUT2D eigenvalue weighted by Crippen LogP contribution is 2.25. The number of ether oxygens (including phenoxy) is 1. The Bertz CT molecular complexity index is 485. The van der Waals surface area contributed by atoms with E-state index in [0.29, 0.717) is 23.7 Å². The molecular weight excluding hydrogens is 217 g/mol. The summed E-state index contributed by atoms with van der Waals surface area (Å²) in [6.45, 7) is 2.61. The van der Waals surface area contributed by atoms with Crippen molar-refractivity contribution in [3.8, 4) is 11.5 Å². The lowest BCUT2D eigenvalue weighted by atomic mass is 10.3. The molecule has 0 radical (unpaired) electrons. The van der Waals surface area contributed by atoms with Crippen LogP contribution < -0.4 is 10.1 Å². The maximum Gasteiger partial charge on any atom is 0.149 e. The molecule has 0 bridgehead atoms. The van der Waals surface area contributed by atoms with Gasteiger partial charge in [0.1, 0.15) is 17.3 Å². The van der Waals surface area contributed by atoms with E-state index >= 15 is 0 Å². The number of hydrogen-bond acceptors (Lipinski definition) is 2. The van der Waals surface area contributed by atoms with Gasteiger partial charge in [-0.3, -0.25) is 0 Å². The van der Waals surface area contributed by atoms with Gasteiger partial charge in [0.25, 0.3) is 0 Å². The molecule has 0 fully saturated rings. The van der Waals surface area contributed by atoms with Gasteiger partial charge in [-0.05, 0) is 31.2 Å². The molecule has 88 valence electrons. The fourth-order valence-corrected chi connectivity index (χ4v) is 1.52. The van der Waals surface area contributed by atoms with E-state index in [0.717, 1.165) is 0 Å². The van der Waals surface area contributed by atoms with Gasteiger partial charge >= 0.3 is 0 Å². The molecule has 3 heteroatoms. The van der Waals surface area contributed by atoms with E-state index in [1.165, 1.54) is 6.07 Å². The predicted octanol–water partition coefficient (Wildman–Crippen LogP) is 4.05. The third-order valence-electron chi connectivity index (χ3n) is 2.29. The minimum Gasteiger partial charge on any atom is -0.457 e. The van der Waals surface area contributed by atoms with Crippen molar-refractivity contribution in [1.82, 2.24) is 0 Å². The molecule has 0 aliphatic carbocycles. The Hall–Kier alpha value is -2.03. The van der Waals surface area contributed by atoms with E-state index in [-0.39, 0.29) is 5.82 Å². The molecule has 0 saturated heterocycles. The summed E-state index contributed by atoms with van der Waals surface area (Å²) in [5, 5.41) is 2.94. The average molecular weight is 231 g/mol. The van der Waals surface area contributed by atoms with Crippen LogP contribution in [-0.4, -0.2) is 6.54 Å². The first-order chi connectivity index (χ1) is 8.29. The summed E-state index contributed by atoms with van der Waals surface area (Å²) in [5.74, 6) is 0.888. The van der Waals surface area contributed by atoms with Crippen LogP contribution in [0.15, 0.2) is 48.5 Å². The fraction of sp³-hybridized carbons (Fsp3) is 0.143. The van der Waals surface area contributed by atoms with Crippen molar-refractivity contribution in [2.75, 3.05) is 11.9 Å². The predicted molar refractivity (Wildman–Crippen MR) is 67.1 cm³/mol. The highest BCUT2D eigenvalue weighted by atomic mass is 19.1. The van der Waals surface area contributed by atoms with Crippen molar-refractivity contribution in [1.29, 1.82) is 0 Å². The van der Waals surface area contributed by atoms with Crippen molar-refractivity contribution < 1.29 is 9.13 Å². The second kappa shape index (κ2) is 5.34. The Morgan fingerprint density at radius 2 is 1.82 bits per heavy atom. The lowest BCUT2D eigenvalue weighted by Crippen LogP contribution is -1.99. The van der Waals surface area contributed by atoms with Crippen LogP contribution in [0.5, 0.6) is 11.5 Å². The van der Waals surface area contributed by atoms with Gasteiger partial charge in [0.15, 0.2) is 0 Å². The van der Waals surface area contributed by atoms with Crippen LogP contribution in [-0.2, 0) is 0 Å². The minimum absolute atomic E-state index is 0.305. The third kappa shape index (κ3) is 2.97. The Labute approximate surface area is 100 Å². The number of para-hydroxylation sites is 1. The van der Waals surface area contributed by atoms with Crippen molar-refractivity contribution in [2.24, 2.45) is 0 Å². The number of rotatable bonds is 4. The van der Waals surface area contributed by atoms with Crippen molar-refractivity contribution in [3.05, 3.63) is 54.3 Å². The van der Waals surface area contributed by atoms with Crippen LogP contribution in [0, 0.1) is 5.82 Å². The van der Waals surface area contributed by atoms with Gasteiger partial charge in [-0.25, -0.2) is 4.39 Å². The summed E-state index contributed by atoms with van der Waals surface area (Å²) in [7, 11) is 0. The van der Waals surface area contributed by atoms with Gasteiger partial charge in [0.2, 0.25) is 0 Å². The van der Waals surface area contributed by atoms with Gasteiger partial charge in [-0.1, -0.05) is 18.2 Å². The van der Waals surface area contributed by atoms with Gasteiger partial charge < -0.3 is 10.1 Å². The molecule has 1 N–H and O–H groups in total. The van der Waals surface area contributed by atoms with Crippen molar-refractivity contribution in [2.45, 2.75) is 6.92 Å². The lowest BCUT2D eigenvalue weighted by Gasteiger charge is -2.08. The average Bonchev–Trinajstić information content (AvgIpc) is 2.34. The number of benzene rings is 2. The quantitative estimate of drug-likeness (QED) is 0.857. The number of anilines is 1. The van der Waals surface area contributed by atoms with Crippen LogP contribution in [0.4, 0.5) is 10.1 Å². The largest absolute Gasteiger partial charge is 0.457 e. The highest BCUT2D eigenvalue weighted by Gasteiger charge is 2.03. The van der Waals surface area contributed by atoms with Crippen LogP contribution in [0.1, 0.15) is 6.92 Å². The molecule has 0 aliphatic rings. The molecule has 2 nitrogen and oxygen atoms in total. The van der Waals surface area contributed by atoms with Crippen LogP contribution in [0.3, 0.4) is 0 Å². The standard InChI is InChI=1S/C14H14FNO/c1-2-16-14-9-8-12(10-13(14)15)17-11-6-4-3-5-7-11/h3-10,16H,2H2,1H3. The zero-order valence-electron chi connectivity index (χ0n) is 9.61. The van der Waals surface area contributed by atoms with E-state index in [1.807, 2.05) is 37.3 Å². The van der Waals surface area contributed by atoms with Crippen LogP contribution >= 0.6 is 0 Å². The SMILES string of the molecule is CCNc1ccc(Oc2ccccc2)cc1F.